The maximum Gasteiger partial charge on any atom is 0.00886 e. The highest BCUT2D eigenvalue weighted by atomic mass is 14.1. The van der Waals surface area contributed by atoms with Gasteiger partial charge >= 0.3 is 0 Å². The molecule has 0 bridgehead atoms. The summed E-state index contributed by atoms with van der Waals surface area (Å²) >= 11 is 0. The minimum Gasteiger partial charge on any atom is -0.103 e. The molecule has 0 nitrogen and oxygen atoms in total. The minimum atomic E-state index is 0.950. The molecular weight excluding hydrogens is 288 g/mol. The van der Waals surface area contributed by atoms with Crippen LogP contribution >= 0.6 is 0 Å². The monoisotopic (exact) mass is 332 g/mol. The van der Waals surface area contributed by atoms with E-state index >= 15 is 0 Å². The Labute approximate surface area is 154 Å². The zero-order valence-electron chi connectivity index (χ0n) is 16.7. The van der Waals surface area contributed by atoms with Crippen molar-refractivity contribution >= 4 is 0 Å². The lowest BCUT2D eigenvalue weighted by Gasteiger charge is -2.13. The molecule has 0 aliphatic carbocycles. The van der Waals surface area contributed by atoms with Gasteiger partial charge in [-0.1, -0.05) is 111 Å². The molecule has 2 radical (unpaired) electrons. The standard InChI is InChI=1S/C24H44/c1-4-7-9-11-12-13-14-15-16-17-18-19-21-23-24(6-3)22-20-10-8-5-2/h24H,1-2,4-15,18-23H2,3H3. The molecule has 0 heterocycles. The molecule has 0 amide bonds. The lowest BCUT2D eigenvalue weighted by molar-refractivity contribution is 0.400. The van der Waals surface area contributed by atoms with Crippen LogP contribution in [0.1, 0.15) is 122 Å². The van der Waals surface area contributed by atoms with Crippen LogP contribution in [0.5, 0.6) is 0 Å². The maximum atomic E-state index is 3.92. The van der Waals surface area contributed by atoms with Gasteiger partial charge in [-0.2, -0.15) is 0 Å². The molecule has 0 aromatic carbocycles. The Hall–Kier alpha value is -0.440. The van der Waals surface area contributed by atoms with Gasteiger partial charge in [0.25, 0.3) is 0 Å². The third kappa shape index (κ3) is 17.9. The Morgan fingerprint density at radius 2 is 1.00 bits per heavy atom. The Balaban J connectivity index is 3.36. The maximum absolute atomic E-state index is 3.92. The Morgan fingerprint density at radius 3 is 1.54 bits per heavy atom. The van der Waals surface area contributed by atoms with E-state index in [0.717, 1.165) is 31.6 Å². The zero-order valence-corrected chi connectivity index (χ0v) is 16.7. The highest BCUT2D eigenvalue weighted by Gasteiger charge is 2.05. The van der Waals surface area contributed by atoms with E-state index in [-0.39, 0.29) is 0 Å². The number of hydrogen-bond donors (Lipinski definition) is 0. The van der Waals surface area contributed by atoms with Gasteiger partial charge in [-0.15, -0.1) is 11.8 Å². The predicted molar refractivity (Wildman–Crippen MR) is 111 cm³/mol. The van der Waals surface area contributed by atoms with Gasteiger partial charge in [-0.05, 0) is 18.8 Å². The molecule has 1 unspecified atom stereocenters. The molecule has 0 aromatic rings. The summed E-state index contributed by atoms with van der Waals surface area (Å²) in [6.07, 6.45) is 23.5. The molecule has 0 fully saturated rings. The third-order valence-corrected chi connectivity index (χ3v) is 5.03. The van der Waals surface area contributed by atoms with Crippen LogP contribution < -0.4 is 0 Å². The SMILES string of the molecule is [CH2]CCCCCCCCC#CCCCCC(CC)CCCCC[CH2]. The van der Waals surface area contributed by atoms with Gasteiger partial charge in [0, 0.05) is 12.8 Å². The summed E-state index contributed by atoms with van der Waals surface area (Å²) in [7, 11) is 0. The van der Waals surface area contributed by atoms with E-state index in [0.29, 0.717) is 0 Å². The lowest BCUT2D eigenvalue weighted by Crippen LogP contribution is -1.99. The van der Waals surface area contributed by atoms with E-state index in [9.17, 15) is 0 Å². The molecule has 0 saturated carbocycles. The first-order valence-corrected chi connectivity index (χ1v) is 10.9. The first-order valence-electron chi connectivity index (χ1n) is 10.9. The molecule has 140 valence electrons. The molecule has 0 aromatic heterocycles. The van der Waals surface area contributed by atoms with Crippen molar-refractivity contribution in [2.45, 2.75) is 122 Å². The molecule has 0 aliphatic rings. The molecule has 0 N–H and O–H groups in total. The average Bonchev–Trinajstić information content (AvgIpc) is 2.60. The molecule has 0 aliphatic heterocycles. The van der Waals surface area contributed by atoms with Crippen molar-refractivity contribution in [3.8, 4) is 11.8 Å². The van der Waals surface area contributed by atoms with E-state index < -0.39 is 0 Å². The first kappa shape index (κ1) is 23.6. The van der Waals surface area contributed by atoms with Crippen LogP contribution in [0.3, 0.4) is 0 Å². The number of unbranched alkanes of at least 4 members (excludes halogenated alkanes) is 12. The van der Waals surface area contributed by atoms with Crippen LogP contribution in [0.4, 0.5) is 0 Å². The third-order valence-electron chi connectivity index (χ3n) is 5.03. The van der Waals surface area contributed by atoms with Gasteiger partial charge in [0.1, 0.15) is 0 Å². The normalized spacial score (nSPS) is 12.0. The van der Waals surface area contributed by atoms with Crippen molar-refractivity contribution in [2.24, 2.45) is 5.92 Å². The summed E-state index contributed by atoms with van der Waals surface area (Å²) < 4.78 is 0. The summed E-state index contributed by atoms with van der Waals surface area (Å²) in [6.45, 7) is 10.2. The van der Waals surface area contributed by atoms with Crippen LogP contribution in [0, 0.1) is 31.6 Å². The van der Waals surface area contributed by atoms with Crippen LogP contribution in [0.15, 0.2) is 0 Å². The van der Waals surface area contributed by atoms with E-state index in [1.165, 1.54) is 89.9 Å². The van der Waals surface area contributed by atoms with E-state index in [4.69, 9.17) is 0 Å². The van der Waals surface area contributed by atoms with E-state index in [1.807, 2.05) is 0 Å². The molecule has 0 heteroatoms. The highest BCUT2D eigenvalue weighted by Crippen LogP contribution is 2.20. The average molecular weight is 333 g/mol. The summed E-state index contributed by atoms with van der Waals surface area (Å²) in [4.78, 5) is 0. The van der Waals surface area contributed by atoms with Crippen molar-refractivity contribution < 1.29 is 0 Å². The lowest BCUT2D eigenvalue weighted by atomic mass is 9.92. The highest BCUT2D eigenvalue weighted by molar-refractivity contribution is 4.98. The fourth-order valence-corrected chi connectivity index (χ4v) is 3.26. The smallest absolute Gasteiger partial charge is 0.00886 e. The second kappa shape index (κ2) is 20.6. The van der Waals surface area contributed by atoms with E-state index in [1.54, 1.807) is 0 Å². The van der Waals surface area contributed by atoms with Gasteiger partial charge in [0.2, 0.25) is 0 Å². The topological polar surface area (TPSA) is 0 Å². The fraction of sp³-hybridized carbons (Fsp3) is 0.833. The molecule has 0 rings (SSSR count). The van der Waals surface area contributed by atoms with Gasteiger partial charge in [0.05, 0.1) is 0 Å². The Morgan fingerprint density at radius 1 is 0.583 bits per heavy atom. The van der Waals surface area contributed by atoms with Gasteiger partial charge in [-0.25, -0.2) is 0 Å². The van der Waals surface area contributed by atoms with Crippen molar-refractivity contribution in [3.05, 3.63) is 13.8 Å². The predicted octanol–water partition coefficient (Wildman–Crippen LogP) is 8.32. The summed E-state index contributed by atoms with van der Waals surface area (Å²) in [5.41, 5.74) is 0. The first-order chi connectivity index (χ1) is 11.8. The second-order valence-corrected chi connectivity index (χ2v) is 7.30. The molecule has 24 heavy (non-hydrogen) atoms. The van der Waals surface area contributed by atoms with Crippen molar-refractivity contribution in [3.63, 3.8) is 0 Å². The molecular formula is C24H44. The minimum absolute atomic E-state index is 0.950. The van der Waals surface area contributed by atoms with Crippen LogP contribution in [-0.2, 0) is 0 Å². The Bertz CT molecular complexity index is 280. The number of rotatable bonds is 17. The largest absolute Gasteiger partial charge is 0.103 e. The number of hydrogen-bond acceptors (Lipinski definition) is 0. The van der Waals surface area contributed by atoms with Crippen LogP contribution in [0.25, 0.3) is 0 Å². The molecule has 1 atom stereocenters. The van der Waals surface area contributed by atoms with Crippen LogP contribution in [-0.4, -0.2) is 0 Å². The van der Waals surface area contributed by atoms with Gasteiger partial charge in [0.15, 0.2) is 0 Å². The molecule has 0 saturated heterocycles. The molecule has 0 spiro atoms. The van der Waals surface area contributed by atoms with Crippen molar-refractivity contribution in [2.75, 3.05) is 0 Å². The van der Waals surface area contributed by atoms with Gasteiger partial charge in [-0.3, -0.25) is 0 Å². The Kier molecular flexibility index (Phi) is 20.2. The van der Waals surface area contributed by atoms with Crippen LogP contribution in [0.2, 0.25) is 0 Å². The summed E-state index contributed by atoms with van der Waals surface area (Å²) in [5, 5.41) is 0. The quantitative estimate of drug-likeness (QED) is 0.185. The van der Waals surface area contributed by atoms with E-state index in [2.05, 4.69) is 32.6 Å². The van der Waals surface area contributed by atoms with Crippen molar-refractivity contribution in [1.82, 2.24) is 0 Å². The zero-order chi connectivity index (χ0) is 17.7. The summed E-state index contributed by atoms with van der Waals surface area (Å²) in [5.74, 6) is 7.71. The fourth-order valence-electron chi connectivity index (χ4n) is 3.26. The van der Waals surface area contributed by atoms with Crippen molar-refractivity contribution in [1.29, 1.82) is 0 Å². The van der Waals surface area contributed by atoms with Gasteiger partial charge < -0.3 is 0 Å². The second-order valence-electron chi connectivity index (χ2n) is 7.30. The summed E-state index contributed by atoms with van der Waals surface area (Å²) in [6, 6.07) is 0.